The number of rotatable bonds is 8. The van der Waals surface area contributed by atoms with E-state index in [0.29, 0.717) is 16.9 Å². The molecule has 5 heteroatoms. The minimum atomic E-state index is -0.808. The standard InChI is InChI=1S/C35H30O5/c1-23(2)33(36)38-21-25-19-26(22-39-34(37)24(3)4)29-15-16-32-30(31(29)20-25)17-18-35(40-32,27-11-7-5-8-12-27)28-13-9-6-10-14-28/h5-20H,1,3,21-22H2,2,4H3. The van der Waals surface area contributed by atoms with Gasteiger partial charge in [0, 0.05) is 27.8 Å². The molecule has 0 atom stereocenters. The molecular formula is C35H30O5. The topological polar surface area (TPSA) is 61.8 Å². The maximum absolute atomic E-state index is 12.2. The molecule has 4 aromatic rings. The van der Waals surface area contributed by atoms with Crippen LogP contribution in [0, 0.1) is 0 Å². The van der Waals surface area contributed by atoms with Gasteiger partial charge in [0.05, 0.1) is 0 Å². The van der Waals surface area contributed by atoms with E-state index in [2.05, 4.69) is 49.6 Å². The number of carbonyl (C=O) groups is 2. The summed E-state index contributed by atoms with van der Waals surface area (Å²) in [6.45, 7) is 10.6. The predicted molar refractivity (Wildman–Crippen MR) is 156 cm³/mol. The Morgan fingerprint density at radius 3 is 1.90 bits per heavy atom. The highest BCUT2D eigenvalue weighted by Gasteiger charge is 2.37. The van der Waals surface area contributed by atoms with Gasteiger partial charge in [-0.15, -0.1) is 0 Å². The molecule has 5 nitrogen and oxygen atoms in total. The molecule has 40 heavy (non-hydrogen) atoms. The van der Waals surface area contributed by atoms with Gasteiger partial charge in [0.1, 0.15) is 19.0 Å². The maximum atomic E-state index is 12.2. The van der Waals surface area contributed by atoms with E-state index in [1.807, 2.05) is 60.7 Å². The number of hydrogen-bond acceptors (Lipinski definition) is 5. The number of hydrogen-bond donors (Lipinski definition) is 0. The van der Waals surface area contributed by atoms with Gasteiger partial charge in [-0.2, -0.15) is 0 Å². The van der Waals surface area contributed by atoms with Crippen molar-refractivity contribution in [3.05, 3.63) is 143 Å². The molecule has 0 spiro atoms. The second-order valence-corrected chi connectivity index (χ2v) is 9.94. The van der Waals surface area contributed by atoms with Crippen molar-refractivity contribution in [1.29, 1.82) is 0 Å². The highest BCUT2D eigenvalue weighted by Crippen LogP contribution is 2.44. The third-order valence-corrected chi connectivity index (χ3v) is 6.87. The van der Waals surface area contributed by atoms with E-state index in [4.69, 9.17) is 14.2 Å². The lowest BCUT2D eigenvalue weighted by molar-refractivity contribution is -0.140. The Hall–Kier alpha value is -4.90. The van der Waals surface area contributed by atoms with E-state index < -0.39 is 17.5 Å². The molecule has 0 fully saturated rings. The minimum absolute atomic E-state index is 0.0474. The molecule has 0 aliphatic carbocycles. The number of benzene rings is 4. The maximum Gasteiger partial charge on any atom is 0.333 e. The van der Waals surface area contributed by atoms with Crippen LogP contribution in [-0.4, -0.2) is 11.9 Å². The van der Waals surface area contributed by atoms with Crippen molar-refractivity contribution in [2.24, 2.45) is 0 Å². The number of carbonyl (C=O) groups excluding carboxylic acids is 2. The van der Waals surface area contributed by atoms with Crippen molar-refractivity contribution in [3.63, 3.8) is 0 Å². The molecule has 0 aromatic heterocycles. The summed E-state index contributed by atoms with van der Waals surface area (Å²) in [5.74, 6) is -0.225. The predicted octanol–water partition coefficient (Wildman–Crippen LogP) is 7.43. The van der Waals surface area contributed by atoms with Crippen molar-refractivity contribution in [2.75, 3.05) is 0 Å². The van der Waals surface area contributed by atoms with E-state index in [9.17, 15) is 9.59 Å². The van der Waals surface area contributed by atoms with Crippen LogP contribution in [0.3, 0.4) is 0 Å². The van der Waals surface area contributed by atoms with Crippen LogP contribution < -0.4 is 4.74 Å². The molecule has 0 saturated carbocycles. The summed E-state index contributed by atoms with van der Waals surface area (Å²) in [5.41, 5.74) is 4.29. The molecule has 4 aromatic carbocycles. The van der Waals surface area contributed by atoms with Crippen LogP contribution in [0.4, 0.5) is 0 Å². The van der Waals surface area contributed by atoms with Gasteiger partial charge >= 0.3 is 11.9 Å². The number of ether oxygens (including phenoxy) is 3. The first-order valence-corrected chi connectivity index (χ1v) is 13.0. The first-order chi connectivity index (χ1) is 19.3. The van der Waals surface area contributed by atoms with Crippen LogP contribution in [0.15, 0.2) is 115 Å². The van der Waals surface area contributed by atoms with Crippen LogP contribution >= 0.6 is 0 Å². The van der Waals surface area contributed by atoms with Crippen LogP contribution in [0.2, 0.25) is 0 Å². The summed E-state index contributed by atoms with van der Waals surface area (Å²) in [5, 5.41) is 1.80. The van der Waals surface area contributed by atoms with Crippen molar-refractivity contribution in [1.82, 2.24) is 0 Å². The molecule has 200 valence electrons. The summed E-state index contributed by atoms with van der Waals surface area (Å²) in [6, 6.07) is 28.0. The summed E-state index contributed by atoms with van der Waals surface area (Å²) >= 11 is 0. The minimum Gasteiger partial charge on any atom is -0.473 e. The van der Waals surface area contributed by atoms with Crippen LogP contribution in [0.25, 0.3) is 16.8 Å². The lowest BCUT2D eigenvalue weighted by Gasteiger charge is -2.36. The normalized spacial score (nSPS) is 13.2. The van der Waals surface area contributed by atoms with Gasteiger partial charge in [0.2, 0.25) is 0 Å². The first kappa shape index (κ1) is 26.7. The SMILES string of the molecule is C=C(C)C(=O)OCc1cc(COC(=O)C(=C)C)c2ccc3c(c2c1)C=CC(c1ccccc1)(c1ccccc1)O3. The average Bonchev–Trinajstić information content (AvgIpc) is 2.98. The molecule has 0 radical (unpaired) electrons. The molecule has 5 rings (SSSR count). The Morgan fingerprint density at radius 2 is 1.32 bits per heavy atom. The number of esters is 2. The van der Waals surface area contributed by atoms with Crippen molar-refractivity contribution in [2.45, 2.75) is 32.7 Å². The zero-order valence-corrected chi connectivity index (χ0v) is 22.6. The van der Waals surface area contributed by atoms with Crippen LogP contribution in [-0.2, 0) is 37.9 Å². The Kier molecular flexibility index (Phi) is 7.39. The van der Waals surface area contributed by atoms with Gasteiger partial charge < -0.3 is 14.2 Å². The van der Waals surface area contributed by atoms with Gasteiger partial charge in [0.15, 0.2) is 5.60 Å². The van der Waals surface area contributed by atoms with Crippen LogP contribution in [0.1, 0.15) is 41.7 Å². The summed E-state index contributed by atoms with van der Waals surface area (Å²) in [4.78, 5) is 24.3. The van der Waals surface area contributed by atoms with Gasteiger partial charge in [-0.3, -0.25) is 0 Å². The van der Waals surface area contributed by atoms with Gasteiger partial charge in [-0.25, -0.2) is 9.59 Å². The quantitative estimate of drug-likeness (QED) is 0.175. The van der Waals surface area contributed by atoms with E-state index in [-0.39, 0.29) is 13.2 Å². The molecule has 0 amide bonds. The van der Waals surface area contributed by atoms with E-state index in [0.717, 1.165) is 38.6 Å². The highest BCUT2D eigenvalue weighted by atomic mass is 16.5. The summed E-state index contributed by atoms with van der Waals surface area (Å²) in [7, 11) is 0. The fraction of sp³-hybridized carbons (Fsp3) is 0.143. The van der Waals surface area contributed by atoms with Gasteiger partial charge in [-0.05, 0) is 66.1 Å². The van der Waals surface area contributed by atoms with E-state index in [1.54, 1.807) is 13.8 Å². The van der Waals surface area contributed by atoms with Crippen molar-refractivity contribution < 1.29 is 23.8 Å². The second-order valence-electron chi connectivity index (χ2n) is 9.94. The molecule has 1 aliphatic heterocycles. The second kappa shape index (κ2) is 11.1. The Balaban J connectivity index is 1.62. The third-order valence-electron chi connectivity index (χ3n) is 6.87. The largest absolute Gasteiger partial charge is 0.473 e. The van der Waals surface area contributed by atoms with Gasteiger partial charge in [-0.1, -0.05) is 79.9 Å². The zero-order chi connectivity index (χ0) is 28.3. The first-order valence-electron chi connectivity index (χ1n) is 13.0. The Bertz CT molecular complexity index is 1610. The summed E-state index contributed by atoms with van der Waals surface area (Å²) in [6.07, 6.45) is 4.16. The fourth-order valence-corrected chi connectivity index (χ4v) is 4.84. The van der Waals surface area contributed by atoms with Crippen molar-refractivity contribution >= 4 is 28.8 Å². The monoisotopic (exact) mass is 530 g/mol. The Labute approximate surface area is 234 Å². The van der Waals surface area contributed by atoms with E-state index >= 15 is 0 Å². The molecule has 0 N–H and O–H groups in total. The van der Waals surface area contributed by atoms with Crippen LogP contribution in [0.5, 0.6) is 5.75 Å². The fourth-order valence-electron chi connectivity index (χ4n) is 4.84. The zero-order valence-electron chi connectivity index (χ0n) is 22.6. The Morgan fingerprint density at radius 1 is 0.750 bits per heavy atom. The van der Waals surface area contributed by atoms with Gasteiger partial charge in [0.25, 0.3) is 0 Å². The molecule has 1 heterocycles. The highest BCUT2D eigenvalue weighted by molar-refractivity contribution is 5.97. The lowest BCUT2D eigenvalue weighted by Crippen LogP contribution is -2.34. The molecule has 0 unspecified atom stereocenters. The van der Waals surface area contributed by atoms with E-state index in [1.165, 1.54) is 0 Å². The average molecular weight is 531 g/mol. The lowest BCUT2D eigenvalue weighted by atomic mass is 9.83. The third kappa shape index (κ3) is 5.19. The number of fused-ring (bicyclic) bond motifs is 3. The molecular weight excluding hydrogens is 500 g/mol. The molecule has 0 bridgehead atoms. The molecule has 0 saturated heterocycles. The van der Waals surface area contributed by atoms with Crippen molar-refractivity contribution in [3.8, 4) is 5.75 Å². The molecule has 1 aliphatic rings. The smallest absolute Gasteiger partial charge is 0.333 e. The summed E-state index contributed by atoms with van der Waals surface area (Å²) < 4.78 is 17.8.